The van der Waals surface area contributed by atoms with Crippen LogP contribution >= 0.6 is 0 Å². The molecule has 1 atom stereocenters. The third-order valence-electron chi connectivity index (χ3n) is 3.25. The van der Waals surface area contributed by atoms with Crippen LogP contribution in [0.25, 0.3) is 0 Å². The topological polar surface area (TPSA) is 57.2 Å². The minimum atomic E-state index is 0.151. The molecule has 5 nitrogen and oxygen atoms in total. The van der Waals surface area contributed by atoms with E-state index in [9.17, 15) is 0 Å². The van der Waals surface area contributed by atoms with Gasteiger partial charge in [-0.25, -0.2) is 9.98 Å². The fraction of sp³-hybridized carbons (Fsp3) is 0.833. The van der Waals surface area contributed by atoms with Gasteiger partial charge in [-0.15, -0.1) is 0 Å². The van der Waals surface area contributed by atoms with Crippen LogP contribution in [0.4, 0.5) is 0 Å². The Morgan fingerprint density at radius 2 is 1.71 bits per heavy atom. The maximum Gasteiger partial charge on any atom is 0.218 e. The second-order valence-electron chi connectivity index (χ2n) is 4.09. The summed E-state index contributed by atoms with van der Waals surface area (Å²) >= 11 is 0. The molecule has 0 spiro atoms. The fourth-order valence-corrected chi connectivity index (χ4v) is 2.21. The molecule has 0 amide bonds. The van der Waals surface area contributed by atoms with Crippen molar-refractivity contribution in [2.75, 3.05) is 26.2 Å². The molecule has 0 radical (unpaired) electrons. The predicted molar refractivity (Wildman–Crippen MR) is 73.3 cm³/mol. The predicted octanol–water partition coefficient (Wildman–Crippen LogP) is 1.11. The zero-order valence-electron chi connectivity index (χ0n) is 11.5. The molecule has 0 saturated carbocycles. The van der Waals surface area contributed by atoms with E-state index in [2.05, 4.69) is 47.5 Å². The highest BCUT2D eigenvalue weighted by atomic mass is 15.3. The molecular weight excluding hydrogens is 214 g/mol. The highest BCUT2D eigenvalue weighted by molar-refractivity contribution is 5.97. The minimum Gasteiger partial charge on any atom is -0.368 e. The van der Waals surface area contributed by atoms with Crippen molar-refractivity contribution in [2.24, 2.45) is 15.7 Å². The Labute approximate surface area is 104 Å². The number of amidine groups is 1. The summed E-state index contributed by atoms with van der Waals surface area (Å²) in [6, 6.07) is 0. The lowest BCUT2D eigenvalue weighted by molar-refractivity contribution is 0.222. The van der Waals surface area contributed by atoms with Crippen molar-refractivity contribution in [3.05, 3.63) is 0 Å². The number of rotatable bonds is 5. The van der Waals surface area contributed by atoms with Crippen molar-refractivity contribution < 1.29 is 0 Å². The summed E-state index contributed by atoms with van der Waals surface area (Å²) in [5.41, 5.74) is 5.82. The van der Waals surface area contributed by atoms with Gasteiger partial charge in [0.25, 0.3) is 0 Å². The van der Waals surface area contributed by atoms with Crippen LogP contribution in [0.2, 0.25) is 0 Å². The van der Waals surface area contributed by atoms with E-state index in [0.717, 1.165) is 38.4 Å². The van der Waals surface area contributed by atoms with Crippen LogP contribution in [0.1, 0.15) is 34.1 Å². The highest BCUT2D eigenvalue weighted by Crippen LogP contribution is 2.13. The third-order valence-corrected chi connectivity index (χ3v) is 3.25. The van der Waals surface area contributed by atoms with E-state index < -0.39 is 0 Å². The van der Waals surface area contributed by atoms with Crippen molar-refractivity contribution in [3.63, 3.8) is 0 Å². The number of aliphatic imine (C=N–C) groups is 2. The van der Waals surface area contributed by atoms with Crippen LogP contribution in [0.15, 0.2) is 9.98 Å². The number of nitrogens with zero attached hydrogens (tertiary/aromatic N) is 4. The average molecular weight is 239 g/mol. The minimum absolute atomic E-state index is 0.151. The summed E-state index contributed by atoms with van der Waals surface area (Å²) in [4.78, 5) is 13.4. The van der Waals surface area contributed by atoms with Crippen molar-refractivity contribution in [1.29, 1.82) is 0 Å². The van der Waals surface area contributed by atoms with E-state index >= 15 is 0 Å². The Morgan fingerprint density at radius 1 is 1.12 bits per heavy atom. The van der Waals surface area contributed by atoms with E-state index in [1.54, 1.807) is 0 Å². The van der Waals surface area contributed by atoms with Crippen molar-refractivity contribution in [3.8, 4) is 0 Å². The maximum atomic E-state index is 5.82. The number of guanidine groups is 1. The molecular formula is C12H25N5. The zero-order chi connectivity index (χ0) is 12.8. The Kier molecular flexibility index (Phi) is 5.41. The second kappa shape index (κ2) is 6.59. The number of hydrogen-bond donors (Lipinski definition) is 1. The summed E-state index contributed by atoms with van der Waals surface area (Å²) in [5, 5.41) is 0. The largest absolute Gasteiger partial charge is 0.368 e. The lowest BCUT2D eigenvalue weighted by Gasteiger charge is -2.32. The summed E-state index contributed by atoms with van der Waals surface area (Å²) in [6.45, 7) is 12.5. The van der Waals surface area contributed by atoms with Gasteiger partial charge >= 0.3 is 0 Å². The molecule has 0 aliphatic carbocycles. The van der Waals surface area contributed by atoms with Gasteiger partial charge in [0.1, 0.15) is 12.0 Å². The molecule has 1 rings (SSSR count). The quantitative estimate of drug-likeness (QED) is 0.782. The van der Waals surface area contributed by atoms with Crippen LogP contribution < -0.4 is 5.73 Å². The molecule has 98 valence electrons. The van der Waals surface area contributed by atoms with Gasteiger partial charge in [-0.1, -0.05) is 13.8 Å². The Morgan fingerprint density at radius 3 is 2.18 bits per heavy atom. The van der Waals surface area contributed by atoms with Gasteiger partial charge < -0.3 is 10.6 Å². The standard InChI is InChI=1S/C12H25N5/c1-5-16(6-2)10-9-11(15-12(13)14-10)17(7-3)8-4/h10H,5-9H2,1-4H3,(H2,13,14). The second-order valence-corrected chi connectivity index (χ2v) is 4.09. The van der Waals surface area contributed by atoms with E-state index in [-0.39, 0.29) is 6.17 Å². The Bertz CT molecular complexity index is 289. The van der Waals surface area contributed by atoms with E-state index in [1.165, 1.54) is 0 Å². The van der Waals surface area contributed by atoms with E-state index in [0.29, 0.717) is 5.96 Å². The summed E-state index contributed by atoms with van der Waals surface area (Å²) < 4.78 is 0. The molecule has 0 aromatic rings. The van der Waals surface area contributed by atoms with Crippen LogP contribution in [0.3, 0.4) is 0 Å². The van der Waals surface area contributed by atoms with Crippen LogP contribution in [-0.4, -0.2) is 53.9 Å². The highest BCUT2D eigenvalue weighted by Gasteiger charge is 2.23. The van der Waals surface area contributed by atoms with Gasteiger partial charge in [-0.3, -0.25) is 4.90 Å². The van der Waals surface area contributed by atoms with Gasteiger partial charge in [-0.2, -0.15) is 0 Å². The van der Waals surface area contributed by atoms with Gasteiger partial charge in [0, 0.05) is 19.5 Å². The summed E-state index contributed by atoms with van der Waals surface area (Å²) in [5.74, 6) is 1.48. The van der Waals surface area contributed by atoms with Gasteiger partial charge in [0.2, 0.25) is 5.96 Å². The van der Waals surface area contributed by atoms with Crippen molar-refractivity contribution >= 4 is 11.8 Å². The first-order valence-electron chi connectivity index (χ1n) is 6.55. The molecule has 0 aromatic carbocycles. The Hall–Kier alpha value is -1.10. The monoisotopic (exact) mass is 239 g/mol. The first kappa shape index (κ1) is 14.0. The molecule has 2 N–H and O–H groups in total. The summed E-state index contributed by atoms with van der Waals surface area (Å²) in [6.07, 6.45) is 1.02. The SMILES string of the molecule is CCN(CC)C1=NC(N)=NC(N(CC)CC)C1. The average Bonchev–Trinajstić information content (AvgIpc) is 2.31. The van der Waals surface area contributed by atoms with Crippen molar-refractivity contribution in [2.45, 2.75) is 40.3 Å². The van der Waals surface area contributed by atoms with Gasteiger partial charge in [-0.05, 0) is 26.9 Å². The normalized spacial score (nSPS) is 20.2. The van der Waals surface area contributed by atoms with Crippen molar-refractivity contribution in [1.82, 2.24) is 9.80 Å². The van der Waals surface area contributed by atoms with Gasteiger partial charge in [0.05, 0.1) is 0 Å². The lowest BCUT2D eigenvalue weighted by atomic mass is 10.2. The molecule has 0 bridgehead atoms. The zero-order valence-corrected chi connectivity index (χ0v) is 11.5. The van der Waals surface area contributed by atoms with E-state index in [1.807, 2.05) is 0 Å². The molecule has 1 aliphatic heterocycles. The van der Waals surface area contributed by atoms with Crippen LogP contribution in [0.5, 0.6) is 0 Å². The molecule has 1 heterocycles. The number of hydrogen-bond acceptors (Lipinski definition) is 5. The Balaban J connectivity index is 2.81. The lowest BCUT2D eigenvalue weighted by Crippen LogP contribution is -2.44. The molecule has 17 heavy (non-hydrogen) atoms. The molecule has 0 saturated heterocycles. The third kappa shape index (κ3) is 3.43. The van der Waals surface area contributed by atoms with Gasteiger partial charge in [0.15, 0.2) is 0 Å². The van der Waals surface area contributed by atoms with E-state index in [4.69, 9.17) is 5.73 Å². The molecule has 1 aliphatic rings. The number of nitrogens with two attached hydrogens (primary N) is 1. The maximum absolute atomic E-state index is 5.82. The first-order valence-corrected chi connectivity index (χ1v) is 6.55. The summed E-state index contributed by atoms with van der Waals surface area (Å²) in [7, 11) is 0. The molecule has 5 heteroatoms. The molecule has 0 aromatic heterocycles. The molecule has 1 unspecified atom stereocenters. The molecule has 0 fully saturated rings. The fourth-order valence-electron chi connectivity index (χ4n) is 2.21. The first-order chi connectivity index (χ1) is 8.15. The van der Waals surface area contributed by atoms with Crippen LogP contribution in [-0.2, 0) is 0 Å². The van der Waals surface area contributed by atoms with Crippen LogP contribution in [0, 0.1) is 0 Å². The smallest absolute Gasteiger partial charge is 0.218 e.